The second-order valence-corrected chi connectivity index (χ2v) is 6.76. The molecule has 126 valence electrons. The Morgan fingerprint density at radius 3 is 2.28 bits per heavy atom. The minimum Gasteiger partial charge on any atom is -0.387 e. The molecule has 2 nitrogen and oxygen atoms in total. The second kappa shape index (κ2) is 7.22. The number of aliphatic hydroxyl groups is 1. The van der Waals surface area contributed by atoms with Gasteiger partial charge in [0.2, 0.25) is 0 Å². The number of nitrogens with zero attached hydrogens (tertiary/aromatic N) is 1. The molecule has 1 aliphatic rings. The molecule has 1 unspecified atom stereocenters. The average Bonchev–Trinajstić information content (AvgIpc) is 2.82. The predicted molar refractivity (Wildman–Crippen MR) is 102 cm³/mol. The summed E-state index contributed by atoms with van der Waals surface area (Å²) in [6.45, 7) is 2.55. The van der Waals surface area contributed by atoms with Gasteiger partial charge in [0.1, 0.15) is 0 Å². The van der Waals surface area contributed by atoms with Crippen LogP contribution in [0.2, 0.25) is 0 Å². The Labute approximate surface area is 149 Å². The van der Waals surface area contributed by atoms with Crippen LogP contribution in [0.25, 0.3) is 11.1 Å². The Morgan fingerprint density at radius 1 is 0.800 bits per heavy atom. The molecule has 0 aromatic heterocycles. The van der Waals surface area contributed by atoms with Crippen LogP contribution in [-0.4, -0.2) is 23.1 Å². The highest BCUT2D eigenvalue weighted by Gasteiger charge is 2.20. The largest absolute Gasteiger partial charge is 0.387 e. The van der Waals surface area contributed by atoms with E-state index >= 15 is 0 Å². The molecule has 0 saturated carbocycles. The first-order valence-electron chi connectivity index (χ1n) is 8.92. The maximum Gasteiger partial charge on any atom is 0.0919 e. The summed E-state index contributed by atoms with van der Waals surface area (Å²) in [6.07, 6.45) is 0.595. The van der Waals surface area contributed by atoms with E-state index in [0.29, 0.717) is 6.54 Å². The van der Waals surface area contributed by atoms with Crippen molar-refractivity contribution < 1.29 is 5.11 Å². The van der Waals surface area contributed by atoms with E-state index in [2.05, 4.69) is 71.6 Å². The number of hydrogen-bond donors (Lipinski definition) is 1. The number of fused-ring (bicyclic) bond motifs is 1. The number of benzene rings is 3. The summed E-state index contributed by atoms with van der Waals surface area (Å²) in [4.78, 5) is 2.35. The Hall–Kier alpha value is -2.42. The van der Waals surface area contributed by atoms with Gasteiger partial charge in [-0.15, -0.1) is 0 Å². The summed E-state index contributed by atoms with van der Waals surface area (Å²) in [5.74, 6) is 0. The summed E-state index contributed by atoms with van der Waals surface area (Å²) in [7, 11) is 0. The summed E-state index contributed by atoms with van der Waals surface area (Å²) >= 11 is 0. The molecule has 1 heterocycles. The van der Waals surface area contributed by atoms with Gasteiger partial charge in [-0.05, 0) is 34.2 Å². The van der Waals surface area contributed by atoms with Crippen molar-refractivity contribution in [1.82, 2.24) is 4.90 Å². The van der Waals surface area contributed by atoms with Crippen LogP contribution in [0.3, 0.4) is 0 Å². The van der Waals surface area contributed by atoms with Crippen LogP contribution in [-0.2, 0) is 13.0 Å². The van der Waals surface area contributed by atoms with Crippen molar-refractivity contribution in [3.8, 4) is 11.1 Å². The maximum atomic E-state index is 10.5. The van der Waals surface area contributed by atoms with Crippen molar-refractivity contribution in [3.05, 3.63) is 95.6 Å². The van der Waals surface area contributed by atoms with Gasteiger partial charge in [-0.25, -0.2) is 0 Å². The molecule has 3 aromatic rings. The molecule has 0 spiro atoms. The van der Waals surface area contributed by atoms with Crippen LogP contribution in [0.15, 0.2) is 78.9 Å². The van der Waals surface area contributed by atoms with Gasteiger partial charge in [0.15, 0.2) is 0 Å². The molecule has 1 N–H and O–H groups in total. The molecule has 4 rings (SSSR count). The van der Waals surface area contributed by atoms with Crippen molar-refractivity contribution in [2.75, 3.05) is 13.1 Å². The topological polar surface area (TPSA) is 23.5 Å². The Kier molecular flexibility index (Phi) is 4.64. The molecule has 0 aliphatic carbocycles. The first-order chi connectivity index (χ1) is 12.3. The zero-order valence-corrected chi connectivity index (χ0v) is 14.3. The minimum absolute atomic E-state index is 0.401. The Bertz CT molecular complexity index is 826. The van der Waals surface area contributed by atoms with Crippen molar-refractivity contribution in [3.63, 3.8) is 0 Å². The fourth-order valence-electron chi connectivity index (χ4n) is 3.63. The molecule has 3 aromatic carbocycles. The lowest BCUT2D eigenvalue weighted by atomic mass is 10.0. The number of β-amino-alcohol motifs (C(OH)–C–C–N with tert-alkyl or cyclic N) is 1. The number of rotatable bonds is 3. The first kappa shape index (κ1) is 16.1. The van der Waals surface area contributed by atoms with Gasteiger partial charge >= 0.3 is 0 Å². The second-order valence-electron chi connectivity index (χ2n) is 6.76. The van der Waals surface area contributed by atoms with Gasteiger partial charge in [0.05, 0.1) is 6.10 Å². The van der Waals surface area contributed by atoms with Crippen LogP contribution in [0.1, 0.15) is 22.8 Å². The van der Waals surface area contributed by atoms with Crippen LogP contribution in [0.5, 0.6) is 0 Å². The first-order valence-corrected chi connectivity index (χ1v) is 8.92. The fourth-order valence-corrected chi connectivity index (χ4v) is 3.63. The SMILES string of the molecule is OC1CN(Cc2ccc(-c3ccccc3)cc2)CCc2ccccc21. The minimum atomic E-state index is -0.401. The van der Waals surface area contributed by atoms with Crippen molar-refractivity contribution in [2.24, 2.45) is 0 Å². The maximum absolute atomic E-state index is 10.5. The van der Waals surface area contributed by atoms with Crippen LogP contribution in [0, 0.1) is 0 Å². The molecule has 1 atom stereocenters. The molecule has 2 heteroatoms. The van der Waals surface area contributed by atoms with E-state index in [1.807, 2.05) is 12.1 Å². The van der Waals surface area contributed by atoms with Crippen LogP contribution in [0.4, 0.5) is 0 Å². The fraction of sp³-hybridized carbons (Fsp3) is 0.217. The number of hydrogen-bond acceptors (Lipinski definition) is 2. The summed E-state index contributed by atoms with van der Waals surface area (Å²) in [5, 5.41) is 10.5. The lowest BCUT2D eigenvalue weighted by Gasteiger charge is -2.22. The quantitative estimate of drug-likeness (QED) is 0.767. The zero-order chi connectivity index (χ0) is 17.1. The van der Waals surface area contributed by atoms with Gasteiger partial charge in [-0.3, -0.25) is 4.90 Å². The monoisotopic (exact) mass is 329 g/mol. The van der Waals surface area contributed by atoms with Gasteiger partial charge in [-0.2, -0.15) is 0 Å². The molecule has 25 heavy (non-hydrogen) atoms. The molecule has 0 saturated heterocycles. The normalized spacial score (nSPS) is 17.7. The van der Waals surface area contributed by atoms with E-state index in [9.17, 15) is 5.11 Å². The van der Waals surface area contributed by atoms with Gasteiger partial charge in [0.25, 0.3) is 0 Å². The molecule has 0 bridgehead atoms. The van der Waals surface area contributed by atoms with E-state index in [1.54, 1.807) is 0 Å². The zero-order valence-electron chi connectivity index (χ0n) is 14.3. The van der Waals surface area contributed by atoms with E-state index in [0.717, 1.165) is 25.1 Å². The van der Waals surface area contributed by atoms with Crippen molar-refractivity contribution >= 4 is 0 Å². The molecule has 0 amide bonds. The predicted octanol–water partition coefficient (Wildman–Crippen LogP) is 4.45. The average molecular weight is 329 g/mol. The van der Waals surface area contributed by atoms with Crippen LogP contribution >= 0.6 is 0 Å². The highest BCUT2D eigenvalue weighted by Crippen LogP contribution is 2.25. The Morgan fingerprint density at radius 2 is 1.48 bits per heavy atom. The standard InChI is InChI=1S/C23H23NO/c25-23-17-24(15-14-21-8-4-5-9-22(21)23)16-18-10-12-20(13-11-18)19-6-2-1-3-7-19/h1-13,23,25H,14-17H2. The lowest BCUT2D eigenvalue weighted by Crippen LogP contribution is -2.27. The summed E-state index contributed by atoms with van der Waals surface area (Å²) in [6, 6.07) is 27.5. The van der Waals surface area contributed by atoms with E-state index in [4.69, 9.17) is 0 Å². The lowest BCUT2D eigenvalue weighted by molar-refractivity contribution is 0.116. The van der Waals surface area contributed by atoms with E-state index in [1.165, 1.54) is 22.3 Å². The van der Waals surface area contributed by atoms with Crippen molar-refractivity contribution in [2.45, 2.75) is 19.1 Å². The molecular formula is C23H23NO. The molecule has 0 radical (unpaired) electrons. The van der Waals surface area contributed by atoms with E-state index in [-0.39, 0.29) is 0 Å². The van der Waals surface area contributed by atoms with E-state index < -0.39 is 6.10 Å². The van der Waals surface area contributed by atoms with Gasteiger partial charge in [-0.1, -0.05) is 78.9 Å². The number of aliphatic hydroxyl groups excluding tert-OH is 1. The van der Waals surface area contributed by atoms with Gasteiger partial charge < -0.3 is 5.11 Å². The highest BCUT2D eigenvalue weighted by molar-refractivity contribution is 5.63. The third-order valence-corrected chi connectivity index (χ3v) is 5.01. The van der Waals surface area contributed by atoms with Crippen molar-refractivity contribution in [1.29, 1.82) is 0 Å². The summed E-state index contributed by atoms with van der Waals surface area (Å²) in [5.41, 5.74) is 6.14. The smallest absolute Gasteiger partial charge is 0.0919 e. The third-order valence-electron chi connectivity index (χ3n) is 5.01. The third kappa shape index (κ3) is 3.65. The Balaban J connectivity index is 1.46. The van der Waals surface area contributed by atoms with Gasteiger partial charge in [0, 0.05) is 19.6 Å². The highest BCUT2D eigenvalue weighted by atomic mass is 16.3. The molecular weight excluding hydrogens is 306 g/mol. The van der Waals surface area contributed by atoms with Crippen LogP contribution < -0.4 is 0 Å². The molecule has 1 aliphatic heterocycles. The summed E-state index contributed by atoms with van der Waals surface area (Å²) < 4.78 is 0. The molecule has 0 fully saturated rings.